The summed E-state index contributed by atoms with van der Waals surface area (Å²) in [4.78, 5) is 18.0. The molecular formula is C11H17N3O2S. The van der Waals surface area contributed by atoms with Crippen molar-refractivity contribution in [3.05, 3.63) is 5.53 Å². The van der Waals surface area contributed by atoms with Crippen LogP contribution in [0.25, 0.3) is 5.53 Å². The van der Waals surface area contributed by atoms with Crippen LogP contribution >= 0.6 is 11.8 Å². The van der Waals surface area contributed by atoms with Crippen molar-refractivity contribution in [2.45, 2.75) is 32.8 Å². The third kappa shape index (κ3) is 5.65. The van der Waals surface area contributed by atoms with E-state index < -0.39 is 5.97 Å². The molecule has 0 aromatic rings. The lowest BCUT2D eigenvalue weighted by Gasteiger charge is -2.16. The van der Waals surface area contributed by atoms with Gasteiger partial charge >= 0.3 is 12.2 Å². The normalized spacial score (nSPS) is 17.9. The molecule has 5 nitrogen and oxygen atoms in total. The molecule has 1 aliphatic rings. The van der Waals surface area contributed by atoms with Crippen LogP contribution in [0, 0.1) is 5.92 Å². The van der Waals surface area contributed by atoms with Crippen molar-refractivity contribution >= 4 is 29.0 Å². The number of thioether (sulfide) groups is 1. The van der Waals surface area contributed by atoms with E-state index in [2.05, 4.69) is 16.7 Å². The number of esters is 1. The summed E-state index contributed by atoms with van der Waals surface area (Å²) < 4.78 is 5.03. The summed E-state index contributed by atoms with van der Waals surface area (Å²) in [6.07, 6.45) is 2.31. The molecule has 0 radical (unpaired) electrons. The Kier molecular flexibility index (Phi) is 5.94. The summed E-state index contributed by atoms with van der Waals surface area (Å²) in [6, 6.07) is 0. The van der Waals surface area contributed by atoms with Gasteiger partial charge in [0.2, 0.25) is 0 Å². The first-order valence-corrected chi connectivity index (χ1v) is 6.64. The Hall–Kier alpha value is -1.13. The number of ether oxygens (including phenoxy) is 1. The molecule has 17 heavy (non-hydrogen) atoms. The molecule has 0 aromatic heterocycles. The van der Waals surface area contributed by atoms with Crippen molar-refractivity contribution in [3.8, 4) is 0 Å². The van der Waals surface area contributed by atoms with E-state index in [9.17, 15) is 4.79 Å². The Morgan fingerprint density at radius 2 is 2.47 bits per heavy atom. The van der Waals surface area contributed by atoms with Crippen molar-refractivity contribution in [2.24, 2.45) is 10.9 Å². The molecule has 2 atom stereocenters. The molecule has 0 spiro atoms. The second-order valence-electron chi connectivity index (χ2n) is 4.16. The molecule has 1 rings (SSSR count). The second kappa shape index (κ2) is 7.25. The lowest BCUT2D eigenvalue weighted by atomic mass is 10.0. The first-order chi connectivity index (χ1) is 8.11. The third-order valence-corrected chi connectivity index (χ3v) is 3.40. The van der Waals surface area contributed by atoms with E-state index in [-0.39, 0.29) is 6.10 Å². The Balaban J connectivity index is 2.27. The van der Waals surface area contributed by atoms with Gasteiger partial charge < -0.3 is 10.3 Å². The van der Waals surface area contributed by atoms with Gasteiger partial charge in [-0.1, -0.05) is 6.92 Å². The minimum atomic E-state index is -0.611. The summed E-state index contributed by atoms with van der Waals surface area (Å²) in [5.41, 5.74) is 8.17. The van der Waals surface area contributed by atoms with Gasteiger partial charge in [0.05, 0.1) is 11.1 Å². The van der Waals surface area contributed by atoms with E-state index in [1.54, 1.807) is 0 Å². The minimum absolute atomic E-state index is 0.178. The van der Waals surface area contributed by atoms with Crippen molar-refractivity contribution in [3.63, 3.8) is 0 Å². The lowest BCUT2D eigenvalue weighted by molar-refractivity contribution is -0.143. The Bertz CT molecular complexity index is 343. The maximum Gasteiger partial charge on any atom is 0.413 e. The highest BCUT2D eigenvalue weighted by molar-refractivity contribution is 8.14. The molecule has 0 aliphatic carbocycles. The molecule has 0 bridgehead atoms. The average molecular weight is 255 g/mol. The van der Waals surface area contributed by atoms with Crippen LogP contribution in [0.4, 0.5) is 0 Å². The number of aliphatic imine (C=N–C) groups is 1. The smallest absolute Gasteiger partial charge is 0.413 e. The van der Waals surface area contributed by atoms with Crippen molar-refractivity contribution < 1.29 is 14.3 Å². The first-order valence-electron chi connectivity index (χ1n) is 5.66. The van der Waals surface area contributed by atoms with Crippen LogP contribution in [-0.4, -0.2) is 40.4 Å². The molecule has 0 saturated carbocycles. The van der Waals surface area contributed by atoms with E-state index in [1.165, 1.54) is 5.04 Å². The lowest BCUT2D eigenvalue weighted by Crippen LogP contribution is -2.19. The number of carbonyl (C=O) groups is 1. The molecule has 6 heteroatoms. The molecule has 0 N–H and O–H groups in total. The maximum atomic E-state index is 11.0. The van der Waals surface area contributed by atoms with Gasteiger partial charge in [0.25, 0.3) is 0 Å². The molecule has 1 heterocycles. The summed E-state index contributed by atoms with van der Waals surface area (Å²) in [6.45, 7) is 4.87. The van der Waals surface area contributed by atoms with Crippen molar-refractivity contribution in [2.75, 3.05) is 12.3 Å². The zero-order valence-corrected chi connectivity index (χ0v) is 10.9. The number of hydrogen-bond acceptors (Lipinski definition) is 4. The fourth-order valence-electron chi connectivity index (χ4n) is 1.77. The van der Waals surface area contributed by atoms with Gasteiger partial charge in [-0.25, -0.2) is 4.79 Å². The fraction of sp³-hybridized carbons (Fsp3) is 0.727. The summed E-state index contributed by atoms with van der Waals surface area (Å²) in [7, 11) is 0. The third-order valence-electron chi connectivity index (χ3n) is 2.39. The van der Waals surface area contributed by atoms with E-state index in [0.717, 1.165) is 31.4 Å². The van der Waals surface area contributed by atoms with Crippen LogP contribution in [0.1, 0.15) is 26.7 Å². The molecule has 0 saturated heterocycles. The molecule has 0 amide bonds. The Morgan fingerprint density at radius 3 is 3.06 bits per heavy atom. The van der Waals surface area contributed by atoms with Gasteiger partial charge in [0.15, 0.2) is 0 Å². The predicted molar refractivity (Wildman–Crippen MR) is 68.4 cm³/mol. The zero-order valence-electron chi connectivity index (χ0n) is 10.1. The SMILES string of the molecule is C[C@@H](CC1=NCCS1)C[C@@H](C)OC(=O)C=[N+]=[N-]. The van der Waals surface area contributed by atoms with E-state index in [0.29, 0.717) is 5.92 Å². The number of carbonyl (C=O) groups excluding carboxylic acids is 1. The van der Waals surface area contributed by atoms with E-state index in [4.69, 9.17) is 10.3 Å². The maximum absolute atomic E-state index is 11.0. The standard InChI is InChI=1S/C11H17N3O2S/c1-8(6-10-13-3-4-17-10)5-9(2)16-11(15)7-14-12/h7-9H,3-6H2,1-2H3/t8-,9-/m1/s1. The van der Waals surface area contributed by atoms with E-state index >= 15 is 0 Å². The average Bonchev–Trinajstić information content (AvgIpc) is 2.69. The van der Waals surface area contributed by atoms with Gasteiger partial charge in [-0.3, -0.25) is 4.99 Å². The second-order valence-corrected chi connectivity index (χ2v) is 5.33. The summed E-state index contributed by atoms with van der Waals surface area (Å²) >= 11 is 1.81. The van der Waals surface area contributed by atoms with Crippen LogP contribution in [0.2, 0.25) is 0 Å². The number of hydrogen-bond donors (Lipinski definition) is 0. The van der Waals surface area contributed by atoms with Crippen LogP contribution in [0.5, 0.6) is 0 Å². The van der Waals surface area contributed by atoms with Crippen LogP contribution in [0.15, 0.2) is 4.99 Å². The van der Waals surface area contributed by atoms with Crippen molar-refractivity contribution in [1.82, 2.24) is 0 Å². The number of rotatable bonds is 6. The number of nitrogens with zero attached hydrogens (tertiary/aromatic N) is 3. The van der Waals surface area contributed by atoms with Gasteiger partial charge in [0.1, 0.15) is 0 Å². The van der Waals surface area contributed by atoms with E-state index in [1.807, 2.05) is 18.7 Å². The van der Waals surface area contributed by atoms with Crippen LogP contribution in [0.3, 0.4) is 0 Å². The summed E-state index contributed by atoms with van der Waals surface area (Å²) in [5.74, 6) is 0.896. The Labute approximate surface area is 105 Å². The van der Waals surface area contributed by atoms with Crippen LogP contribution < -0.4 is 0 Å². The highest BCUT2D eigenvalue weighted by atomic mass is 32.2. The molecular weight excluding hydrogens is 238 g/mol. The van der Waals surface area contributed by atoms with Gasteiger partial charge in [-0.15, -0.1) is 11.8 Å². The monoisotopic (exact) mass is 255 g/mol. The van der Waals surface area contributed by atoms with Gasteiger partial charge in [-0.2, -0.15) is 4.79 Å². The minimum Gasteiger partial charge on any atom is -0.454 e. The van der Waals surface area contributed by atoms with Gasteiger partial charge in [-0.05, 0) is 25.7 Å². The van der Waals surface area contributed by atoms with Crippen molar-refractivity contribution in [1.29, 1.82) is 0 Å². The molecule has 1 aliphatic heterocycles. The molecule has 0 fully saturated rings. The van der Waals surface area contributed by atoms with Crippen LogP contribution in [-0.2, 0) is 9.53 Å². The molecule has 0 unspecified atom stereocenters. The molecule has 0 aromatic carbocycles. The highest BCUT2D eigenvalue weighted by Crippen LogP contribution is 2.21. The topological polar surface area (TPSA) is 75.1 Å². The fourth-order valence-corrected chi connectivity index (χ4v) is 2.78. The zero-order chi connectivity index (χ0) is 12.7. The largest absolute Gasteiger partial charge is 0.454 e. The first kappa shape index (κ1) is 13.9. The summed E-state index contributed by atoms with van der Waals surface area (Å²) in [5, 5.41) is 1.20. The highest BCUT2D eigenvalue weighted by Gasteiger charge is 2.17. The van der Waals surface area contributed by atoms with Gasteiger partial charge in [0, 0.05) is 12.3 Å². The quantitative estimate of drug-likeness (QED) is 0.314. The Morgan fingerprint density at radius 1 is 1.71 bits per heavy atom. The molecule has 94 valence electrons. The predicted octanol–water partition coefficient (Wildman–Crippen LogP) is 1.78.